The van der Waals surface area contributed by atoms with Gasteiger partial charge >= 0.3 is 0 Å². The monoisotopic (exact) mass is 303 g/mol. The van der Waals surface area contributed by atoms with Crippen LogP contribution in [0.4, 0.5) is 5.69 Å². The van der Waals surface area contributed by atoms with E-state index in [4.69, 9.17) is 4.55 Å². The molecule has 0 aromatic heterocycles. The van der Waals surface area contributed by atoms with Gasteiger partial charge in [0.05, 0.1) is 15.5 Å². The smallest absolute Gasteiger partial charge is 0.294 e. The minimum Gasteiger partial charge on any atom is -0.302 e. The predicted molar refractivity (Wildman–Crippen MR) is 71.1 cm³/mol. The van der Waals surface area contributed by atoms with Crippen molar-refractivity contribution in [1.29, 1.82) is 0 Å². The molecule has 0 radical (unpaired) electrons. The highest BCUT2D eigenvalue weighted by molar-refractivity contribution is 7.86. The highest BCUT2D eigenvalue weighted by Gasteiger charge is 2.36. The van der Waals surface area contributed by atoms with Gasteiger partial charge in [-0.05, 0) is 24.6 Å². The van der Waals surface area contributed by atoms with Crippen LogP contribution in [0.2, 0.25) is 0 Å². The van der Waals surface area contributed by atoms with Gasteiger partial charge in [-0.2, -0.15) is 8.42 Å². The Kier molecular flexibility index (Phi) is 3.17. The molecular weight excluding hydrogens is 290 g/mol. The molecule has 1 atom stereocenters. The van der Waals surface area contributed by atoms with Gasteiger partial charge in [-0.15, -0.1) is 0 Å². The van der Waals surface area contributed by atoms with Gasteiger partial charge in [0.15, 0.2) is 11.1 Å². The summed E-state index contributed by atoms with van der Waals surface area (Å²) in [5.41, 5.74) is 0.972. The summed E-state index contributed by atoms with van der Waals surface area (Å²) in [6, 6.07) is 2.27. The van der Waals surface area contributed by atoms with Gasteiger partial charge in [0.1, 0.15) is 0 Å². The second-order valence-corrected chi connectivity index (χ2v) is 7.22. The summed E-state index contributed by atoms with van der Waals surface area (Å²) in [7, 11) is -4.44. The van der Waals surface area contributed by atoms with Crippen molar-refractivity contribution in [2.45, 2.75) is 36.0 Å². The molecule has 1 heterocycles. The summed E-state index contributed by atoms with van der Waals surface area (Å²) in [4.78, 5) is 3.72. The maximum Gasteiger partial charge on any atom is 0.294 e. The van der Waals surface area contributed by atoms with Crippen molar-refractivity contribution in [3.8, 4) is 0 Å². The Labute approximate surface area is 113 Å². The SMILES string of the molecule is CC1=Nc2c(S(=O)O)cc(S(=O)(=O)O)cc2C1(C)C. The van der Waals surface area contributed by atoms with Crippen molar-refractivity contribution in [2.75, 3.05) is 0 Å². The fourth-order valence-corrected chi connectivity index (χ4v) is 3.12. The molecule has 19 heavy (non-hydrogen) atoms. The van der Waals surface area contributed by atoms with Crippen LogP contribution >= 0.6 is 0 Å². The summed E-state index contributed by atoms with van der Waals surface area (Å²) in [5.74, 6) is 0. The molecular formula is C11H13NO5S2. The van der Waals surface area contributed by atoms with Crippen LogP contribution in [0.25, 0.3) is 0 Å². The number of nitrogens with zero attached hydrogens (tertiary/aromatic N) is 1. The summed E-state index contributed by atoms with van der Waals surface area (Å²) in [6.07, 6.45) is 0. The molecule has 1 aliphatic heterocycles. The number of hydrogen-bond donors (Lipinski definition) is 2. The van der Waals surface area contributed by atoms with E-state index in [2.05, 4.69) is 4.99 Å². The zero-order valence-corrected chi connectivity index (χ0v) is 12.2. The van der Waals surface area contributed by atoms with Gasteiger partial charge in [-0.1, -0.05) is 13.8 Å². The molecule has 1 aromatic rings. The van der Waals surface area contributed by atoms with Crippen LogP contribution in [0.15, 0.2) is 26.9 Å². The van der Waals surface area contributed by atoms with E-state index in [0.717, 1.165) is 6.07 Å². The van der Waals surface area contributed by atoms with Crippen molar-refractivity contribution >= 4 is 32.6 Å². The average Bonchev–Trinajstić information content (AvgIpc) is 2.48. The lowest BCUT2D eigenvalue weighted by Crippen LogP contribution is -2.23. The molecule has 0 amide bonds. The highest BCUT2D eigenvalue weighted by atomic mass is 32.2. The Morgan fingerprint density at radius 2 is 1.89 bits per heavy atom. The van der Waals surface area contributed by atoms with Crippen LogP contribution in [0.5, 0.6) is 0 Å². The fourth-order valence-electron chi connectivity index (χ4n) is 1.96. The molecule has 0 saturated carbocycles. The van der Waals surface area contributed by atoms with Crippen LogP contribution < -0.4 is 0 Å². The first kappa shape index (κ1) is 14.3. The van der Waals surface area contributed by atoms with E-state index < -0.39 is 31.5 Å². The van der Waals surface area contributed by atoms with Crippen LogP contribution in [0.3, 0.4) is 0 Å². The minimum atomic E-state index is -4.44. The highest BCUT2D eigenvalue weighted by Crippen LogP contribution is 2.44. The maximum absolute atomic E-state index is 11.3. The lowest BCUT2D eigenvalue weighted by molar-refractivity contribution is 0.482. The standard InChI is InChI=1S/C11H13NO5S2/c1-6-11(2,3)8-4-7(19(15,16)17)5-9(18(13)14)10(8)12-6/h4-5H,1-3H3,(H,13,14)(H,15,16,17). The van der Waals surface area contributed by atoms with E-state index in [1.54, 1.807) is 6.92 Å². The average molecular weight is 303 g/mol. The van der Waals surface area contributed by atoms with Crippen LogP contribution in [0.1, 0.15) is 26.3 Å². The minimum absolute atomic E-state index is 0.116. The van der Waals surface area contributed by atoms with Gasteiger partial charge in [-0.3, -0.25) is 9.55 Å². The Balaban J connectivity index is 2.86. The van der Waals surface area contributed by atoms with Gasteiger partial charge in [0.25, 0.3) is 10.1 Å². The van der Waals surface area contributed by atoms with Crippen LogP contribution in [-0.2, 0) is 26.6 Å². The zero-order chi connectivity index (χ0) is 14.6. The second kappa shape index (κ2) is 4.20. The van der Waals surface area contributed by atoms with E-state index in [-0.39, 0.29) is 4.90 Å². The van der Waals surface area contributed by atoms with Crippen LogP contribution in [0, 0.1) is 0 Å². The molecule has 104 valence electrons. The number of fused-ring (bicyclic) bond motifs is 1. The first-order valence-corrected chi connectivity index (χ1v) is 7.92. The van der Waals surface area contributed by atoms with Crippen molar-refractivity contribution in [3.05, 3.63) is 17.7 Å². The molecule has 0 fully saturated rings. The van der Waals surface area contributed by atoms with E-state index in [9.17, 15) is 17.2 Å². The predicted octanol–water partition coefficient (Wildman–Crippen LogP) is 1.90. The van der Waals surface area contributed by atoms with Crippen molar-refractivity contribution < 1.29 is 21.7 Å². The number of benzene rings is 1. The Morgan fingerprint density at radius 1 is 1.32 bits per heavy atom. The molecule has 1 aromatic carbocycles. The third kappa shape index (κ3) is 2.25. The van der Waals surface area contributed by atoms with E-state index in [1.165, 1.54) is 6.07 Å². The number of hydrogen-bond acceptors (Lipinski definition) is 4. The molecule has 2 N–H and O–H groups in total. The molecule has 2 rings (SSSR count). The third-order valence-corrected chi connectivity index (χ3v) is 4.91. The lowest BCUT2D eigenvalue weighted by Gasteiger charge is -2.20. The number of rotatable bonds is 2. The van der Waals surface area contributed by atoms with Crippen molar-refractivity contribution in [1.82, 2.24) is 0 Å². The van der Waals surface area contributed by atoms with Gasteiger partial charge in [-0.25, -0.2) is 4.21 Å². The van der Waals surface area contributed by atoms with Gasteiger partial charge in [0, 0.05) is 11.1 Å². The molecule has 1 unspecified atom stereocenters. The molecule has 6 nitrogen and oxygen atoms in total. The molecule has 0 aliphatic carbocycles. The zero-order valence-electron chi connectivity index (χ0n) is 10.5. The molecule has 1 aliphatic rings. The first-order chi connectivity index (χ1) is 8.55. The van der Waals surface area contributed by atoms with E-state index in [0.29, 0.717) is 17.0 Å². The van der Waals surface area contributed by atoms with Gasteiger partial charge < -0.3 is 4.55 Å². The Hall–Kier alpha value is -1.09. The Bertz CT molecular complexity index is 719. The van der Waals surface area contributed by atoms with Gasteiger partial charge in [0.2, 0.25) is 0 Å². The fraction of sp³-hybridized carbons (Fsp3) is 0.364. The normalized spacial score (nSPS) is 18.9. The molecule has 0 spiro atoms. The third-order valence-electron chi connectivity index (χ3n) is 3.39. The lowest BCUT2D eigenvalue weighted by atomic mass is 9.82. The second-order valence-electron chi connectivity index (χ2n) is 4.86. The van der Waals surface area contributed by atoms with Crippen LogP contribution in [-0.4, -0.2) is 27.4 Å². The summed E-state index contributed by atoms with van der Waals surface area (Å²) >= 11 is -2.39. The molecule has 8 heteroatoms. The summed E-state index contributed by atoms with van der Waals surface area (Å²) in [5, 5.41) is 0. The maximum atomic E-state index is 11.3. The topological polar surface area (TPSA) is 104 Å². The molecule has 0 bridgehead atoms. The Morgan fingerprint density at radius 3 is 2.37 bits per heavy atom. The quantitative estimate of drug-likeness (QED) is 0.641. The van der Waals surface area contributed by atoms with Crippen molar-refractivity contribution in [3.63, 3.8) is 0 Å². The largest absolute Gasteiger partial charge is 0.302 e. The summed E-state index contributed by atoms with van der Waals surface area (Å²) in [6.45, 7) is 5.42. The molecule has 0 saturated heterocycles. The number of aliphatic imine (C=N–C) groups is 1. The summed E-state index contributed by atoms with van der Waals surface area (Å²) < 4.78 is 52.2. The van der Waals surface area contributed by atoms with E-state index in [1.807, 2.05) is 13.8 Å². The first-order valence-electron chi connectivity index (χ1n) is 5.38. The van der Waals surface area contributed by atoms with E-state index >= 15 is 0 Å². The van der Waals surface area contributed by atoms with Crippen molar-refractivity contribution in [2.24, 2.45) is 4.99 Å².